The Balaban J connectivity index is 2.03. The largest absolute Gasteiger partial charge is 0.312 e. The van der Waals surface area contributed by atoms with Crippen LogP contribution in [0.4, 0.5) is 0 Å². The van der Waals surface area contributed by atoms with E-state index >= 15 is 0 Å². The number of rotatable bonds is 1. The number of amidine groups is 1. The summed E-state index contributed by atoms with van der Waals surface area (Å²) in [5.41, 5.74) is 0. The Morgan fingerprint density at radius 3 is 2.62 bits per heavy atom. The quantitative estimate of drug-likeness (QED) is 0.650. The second-order valence-electron chi connectivity index (χ2n) is 4.29. The molecule has 72 valence electrons. The lowest BCUT2D eigenvalue weighted by molar-refractivity contribution is -0.119. The molecular weight excluding hydrogens is 164 g/mol. The molecule has 1 fully saturated rings. The van der Waals surface area contributed by atoms with E-state index in [4.69, 9.17) is 0 Å². The Kier molecular flexibility index (Phi) is 2.10. The SMILES string of the molecule is CC1CCC(C2=NC(C)C(=O)N2)C1. The van der Waals surface area contributed by atoms with Gasteiger partial charge in [0.1, 0.15) is 11.9 Å². The van der Waals surface area contributed by atoms with E-state index in [1.807, 2.05) is 6.92 Å². The topological polar surface area (TPSA) is 41.5 Å². The van der Waals surface area contributed by atoms with Crippen LogP contribution in [-0.2, 0) is 4.79 Å². The lowest BCUT2D eigenvalue weighted by Crippen LogP contribution is -2.31. The molecule has 13 heavy (non-hydrogen) atoms. The maximum atomic E-state index is 11.2. The van der Waals surface area contributed by atoms with Gasteiger partial charge in [0.2, 0.25) is 5.91 Å². The van der Waals surface area contributed by atoms with Gasteiger partial charge in [-0.2, -0.15) is 0 Å². The number of nitrogens with one attached hydrogen (secondary N) is 1. The lowest BCUT2D eigenvalue weighted by Gasteiger charge is -2.08. The zero-order valence-corrected chi connectivity index (χ0v) is 8.21. The molecule has 1 saturated carbocycles. The highest BCUT2D eigenvalue weighted by molar-refractivity contribution is 6.06. The number of amides is 1. The monoisotopic (exact) mass is 180 g/mol. The highest BCUT2D eigenvalue weighted by Gasteiger charge is 2.31. The van der Waals surface area contributed by atoms with Crippen LogP contribution in [0.5, 0.6) is 0 Å². The first kappa shape index (κ1) is 8.73. The summed E-state index contributed by atoms with van der Waals surface area (Å²) >= 11 is 0. The minimum absolute atomic E-state index is 0.0644. The smallest absolute Gasteiger partial charge is 0.249 e. The third-order valence-corrected chi connectivity index (χ3v) is 3.04. The summed E-state index contributed by atoms with van der Waals surface area (Å²) in [6.07, 6.45) is 3.65. The van der Waals surface area contributed by atoms with Crippen molar-refractivity contribution in [3.63, 3.8) is 0 Å². The van der Waals surface area contributed by atoms with E-state index in [1.54, 1.807) is 0 Å². The zero-order chi connectivity index (χ0) is 9.42. The fraction of sp³-hybridized carbons (Fsp3) is 0.800. The highest BCUT2D eigenvalue weighted by Crippen LogP contribution is 2.31. The Morgan fingerprint density at radius 2 is 2.15 bits per heavy atom. The third-order valence-electron chi connectivity index (χ3n) is 3.04. The summed E-state index contributed by atoms with van der Waals surface area (Å²) < 4.78 is 0. The van der Waals surface area contributed by atoms with Crippen LogP contribution in [0.1, 0.15) is 33.1 Å². The number of hydrogen-bond acceptors (Lipinski definition) is 2. The van der Waals surface area contributed by atoms with Gasteiger partial charge in [0, 0.05) is 5.92 Å². The molecule has 0 radical (unpaired) electrons. The van der Waals surface area contributed by atoms with Crippen molar-refractivity contribution in [1.29, 1.82) is 0 Å². The van der Waals surface area contributed by atoms with Crippen LogP contribution in [0.15, 0.2) is 4.99 Å². The van der Waals surface area contributed by atoms with Gasteiger partial charge in [-0.25, -0.2) is 0 Å². The highest BCUT2D eigenvalue weighted by atomic mass is 16.2. The maximum Gasteiger partial charge on any atom is 0.249 e. The van der Waals surface area contributed by atoms with Crippen molar-refractivity contribution < 1.29 is 4.79 Å². The average Bonchev–Trinajstić information content (AvgIpc) is 2.61. The summed E-state index contributed by atoms with van der Waals surface area (Å²) in [5, 5.41) is 2.88. The molecule has 0 aromatic heterocycles. The first-order valence-electron chi connectivity index (χ1n) is 5.05. The predicted octanol–water partition coefficient (Wildman–Crippen LogP) is 1.34. The van der Waals surface area contributed by atoms with E-state index in [1.165, 1.54) is 19.3 Å². The molecule has 1 N–H and O–H groups in total. The van der Waals surface area contributed by atoms with Gasteiger partial charge in [-0.3, -0.25) is 9.79 Å². The molecule has 1 aliphatic carbocycles. The van der Waals surface area contributed by atoms with E-state index in [-0.39, 0.29) is 11.9 Å². The standard InChI is InChI=1S/C10H16N2O/c1-6-3-4-8(5-6)9-11-7(2)10(13)12-9/h6-8H,3-5H2,1-2H3,(H,11,12,13). The number of hydrogen-bond donors (Lipinski definition) is 1. The Labute approximate surface area is 78.6 Å². The molecule has 3 nitrogen and oxygen atoms in total. The minimum Gasteiger partial charge on any atom is -0.312 e. The molecule has 3 heteroatoms. The van der Waals surface area contributed by atoms with Crippen LogP contribution >= 0.6 is 0 Å². The summed E-state index contributed by atoms with van der Waals surface area (Å²) in [6.45, 7) is 4.11. The van der Waals surface area contributed by atoms with Gasteiger partial charge in [0.15, 0.2) is 0 Å². The first-order valence-corrected chi connectivity index (χ1v) is 5.05. The van der Waals surface area contributed by atoms with Gasteiger partial charge in [-0.15, -0.1) is 0 Å². The summed E-state index contributed by atoms with van der Waals surface area (Å²) in [5.74, 6) is 2.32. The van der Waals surface area contributed by atoms with Crippen LogP contribution in [0.25, 0.3) is 0 Å². The number of nitrogens with zero attached hydrogens (tertiary/aromatic N) is 1. The van der Waals surface area contributed by atoms with Crippen molar-refractivity contribution in [1.82, 2.24) is 5.32 Å². The maximum absolute atomic E-state index is 11.2. The van der Waals surface area contributed by atoms with Gasteiger partial charge in [-0.05, 0) is 32.1 Å². The molecule has 2 aliphatic rings. The summed E-state index contributed by atoms with van der Waals surface area (Å²) in [4.78, 5) is 15.5. The Morgan fingerprint density at radius 1 is 1.38 bits per heavy atom. The van der Waals surface area contributed by atoms with Crippen molar-refractivity contribution in [2.24, 2.45) is 16.8 Å². The Hall–Kier alpha value is -0.860. The van der Waals surface area contributed by atoms with Crippen molar-refractivity contribution in [3.8, 4) is 0 Å². The molecule has 2 rings (SSSR count). The van der Waals surface area contributed by atoms with Crippen LogP contribution in [-0.4, -0.2) is 17.8 Å². The van der Waals surface area contributed by atoms with Crippen molar-refractivity contribution in [2.45, 2.75) is 39.2 Å². The van der Waals surface area contributed by atoms with Gasteiger partial charge < -0.3 is 5.32 Å². The van der Waals surface area contributed by atoms with Crippen molar-refractivity contribution in [3.05, 3.63) is 0 Å². The summed E-state index contributed by atoms with van der Waals surface area (Å²) in [7, 11) is 0. The lowest BCUT2D eigenvalue weighted by atomic mass is 10.1. The molecule has 1 heterocycles. The van der Waals surface area contributed by atoms with Gasteiger partial charge in [0.25, 0.3) is 0 Å². The van der Waals surface area contributed by atoms with Crippen LogP contribution in [0, 0.1) is 11.8 Å². The average molecular weight is 180 g/mol. The number of carbonyl (C=O) groups excluding carboxylic acids is 1. The van der Waals surface area contributed by atoms with Crippen LogP contribution < -0.4 is 5.32 Å². The van der Waals surface area contributed by atoms with Crippen molar-refractivity contribution >= 4 is 11.7 Å². The van der Waals surface area contributed by atoms with E-state index in [2.05, 4.69) is 17.2 Å². The summed E-state index contributed by atoms with van der Waals surface area (Å²) in [6, 6.07) is -0.161. The molecule has 0 spiro atoms. The van der Waals surface area contributed by atoms with Crippen LogP contribution in [0.3, 0.4) is 0 Å². The van der Waals surface area contributed by atoms with Gasteiger partial charge in [0.05, 0.1) is 0 Å². The van der Waals surface area contributed by atoms with Crippen LogP contribution in [0.2, 0.25) is 0 Å². The zero-order valence-electron chi connectivity index (χ0n) is 8.21. The molecular formula is C10H16N2O. The molecule has 0 saturated heterocycles. The molecule has 0 aromatic rings. The predicted molar refractivity (Wildman–Crippen MR) is 51.5 cm³/mol. The van der Waals surface area contributed by atoms with E-state index < -0.39 is 0 Å². The van der Waals surface area contributed by atoms with E-state index in [9.17, 15) is 4.79 Å². The first-order chi connectivity index (χ1) is 6.16. The van der Waals surface area contributed by atoms with Gasteiger partial charge in [-0.1, -0.05) is 6.92 Å². The molecule has 1 amide bonds. The molecule has 0 aromatic carbocycles. The molecule has 0 bridgehead atoms. The fourth-order valence-corrected chi connectivity index (χ4v) is 2.19. The minimum atomic E-state index is -0.161. The van der Waals surface area contributed by atoms with Crippen molar-refractivity contribution in [2.75, 3.05) is 0 Å². The number of carbonyl (C=O) groups is 1. The van der Waals surface area contributed by atoms with Gasteiger partial charge >= 0.3 is 0 Å². The van der Waals surface area contributed by atoms with E-state index in [0.717, 1.165) is 11.8 Å². The molecule has 3 unspecified atom stereocenters. The third kappa shape index (κ3) is 1.60. The number of aliphatic imine (C=N–C) groups is 1. The second kappa shape index (κ2) is 3.13. The molecule has 1 aliphatic heterocycles. The van der Waals surface area contributed by atoms with E-state index in [0.29, 0.717) is 5.92 Å². The molecule has 3 atom stereocenters. The normalized spacial score (nSPS) is 39.1. The fourth-order valence-electron chi connectivity index (χ4n) is 2.19. The Bertz CT molecular complexity index is 260. The second-order valence-corrected chi connectivity index (χ2v) is 4.29.